The number of nitrogens with zero attached hydrogens (tertiary/aromatic N) is 4. The first-order valence-corrected chi connectivity index (χ1v) is 10.7. The minimum atomic E-state index is -4.76. The number of rotatable bonds is 6. The van der Waals surface area contributed by atoms with Crippen molar-refractivity contribution in [2.75, 3.05) is 5.32 Å². The molecule has 186 valence electrons. The van der Waals surface area contributed by atoms with Gasteiger partial charge in [-0.3, -0.25) is 14.2 Å². The fraction of sp³-hybridized carbons (Fsp3) is 0.174. The van der Waals surface area contributed by atoms with Crippen LogP contribution in [-0.4, -0.2) is 30.4 Å². The van der Waals surface area contributed by atoms with E-state index in [-0.39, 0.29) is 40.0 Å². The molecule has 0 fully saturated rings. The van der Waals surface area contributed by atoms with Crippen LogP contribution >= 0.6 is 11.6 Å². The number of anilines is 1. The monoisotopic (exact) mass is 519 g/mol. The first kappa shape index (κ1) is 24.9. The summed E-state index contributed by atoms with van der Waals surface area (Å²) in [6.45, 7) is 2.75. The molecule has 0 saturated carbocycles. The van der Waals surface area contributed by atoms with Gasteiger partial charge in [-0.2, -0.15) is 18.2 Å². The molecule has 0 saturated heterocycles. The van der Waals surface area contributed by atoms with Crippen molar-refractivity contribution >= 4 is 28.9 Å². The number of hydrogen-bond acceptors (Lipinski definition) is 7. The van der Waals surface area contributed by atoms with Crippen LogP contribution in [-0.2, 0) is 12.7 Å². The highest BCUT2D eigenvalue weighted by Crippen LogP contribution is 2.32. The van der Waals surface area contributed by atoms with Crippen molar-refractivity contribution in [2.24, 2.45) is 0 Å². The third-order valence-corrected chi connectivity index (χ3v) is 5.42. The maximum Gasteiger partial charge on any atom is 0.417 e. The smallest absolute Gasteiger partial charge is 0.417 e. The summed E-state index contributed by atoms with van der Waals surface area (Å²) in [4.78, 5) is 36.7. The number of ether oxygens (including phenoxy) is 1. The van der Waals surface area contributed by atoms with E-state index in [1.165, 1.54) is 19.1 Å². The number of carbonyl (C=O) groups is 1. The van der Waals surface area contributed by atoms with Crippen molar-refractivity contribution in [3.63, 3.8) is 0 Å². The predicted octanol–water partition coefficient (Wildman–Crippen LogP) is 4.88. The lowest BCUT2D eigenvalue weighted by Gasteiger charge is -2.16. The Morgan fingerprint density at radius 3 is 2.64 bits per heavy atom. The zero-order valence-electron chi connectivity index (χ0n) is 18.7. The molecule has 36 heavy (non-hydrogen) atoms. The van der Waals surface area contributed by atoms with Crippen LogP contribution in [0.25, 0.3) is 5.65 Å². The van der Waals surface area contributed by atoms with Crippen molar-refractivity contribution in [3.8, 4) is 11.6 Å². The van der Waals surface area contributed by atoms with Crippen LogP contribution in [0.4, 0.5) is 18.9 Å². The van der Waals surface area contributed by atoms with Crippen LogP contribution < -0.4 is 15.6 Å². The van der Waals surface area contributed by atoms with Crippen LogP contribution in [0, 0.1) is 13.8 Å². The fourth-order valence-electron chi connectivity index (χ4n) is 3.37. The van der Waals surface area contributed by atoms with Gasteiger partial charge in [0, 0.05) is 24.5 Å². The highest BCUT2D eigenvalue weighted by Gasteiger charge is 2.32. The van der Waals surface area contributed by atoms with Gasteiger partial charge in [-0.25, -0.2) is 9.78 Å². The summed E-state index contributed by atoms with van der Waals surface area (Å²) in [7, 11) is 0. The quantitative estimate of drug-likeness (QED) is 0.346. The molecule has 0 atom stereocenters. The zero-order chi connectivity index (χ0) is 26.2. The maximum atomic E-state index is 13.6. The Labute approximate surface area is 206 Å². The molecule has 4 heterocycles. The average Bonchev–Trinajstić information content (AvgIpc) is 2.82. The van der Waals surface area contributed by atoms with Gasteiger partial charge in [0.05, 0.1) is 22.5 Å². The lowest BCUT2D eigenvalue weighted by atomic mass is 10.1. The third kappa shape index (κ3) is 4.93. The number of hydrogen-bond donors (Lipinski definition) is 2. The molecule has 0 amide bonds. The molecule has 4 rings (SSSR count). The molecule has 0 unspecified atom stereocenters. The van der Waals surface area contributed by atoms with E-state index in [1.54, 1.807) is 25.3 Å². The van der Waals surface area contributed by atoms with E-state index < -0.39 is 29.0 Å². The summed E-state index contributed by atoms with van der Waals surface area (Å²) in [6, 6.07) is 6.72. The number of carboxylic acid groups (broad SMARTS) is 1. The van der Waals surface area contributed by atoms with Gasteiger partial charge in [-0.05, 0) is 44.2 Å². The Morgan fingerprint density at radius 1 is 1.22 bits per heavy atom. The lowest BCUT2D eigenvalue weighted by Crippen LogP contribution is -2.22. The lowest BCUT2D eigenvalue weighted by molar-refractivity contribution is -0.137. The topological polar surface area (TPSA) is 119 Å². The molecule has 0 aliphatic carbocycles. The van der Waals surface area contributed by atoms with Crippen molar-refractivity contribution in [1.29, 1.82) is 0 Å². The largest absolute Gasteiger partial charge is 0.476 e. The molecule has 13 heteroatoms. The molecule has 0 aromatic carbocycles. The molecular weight excluding hydrogens is 503 g/mol. The van der Waals surface area contributed by atoms with Gasteiger partial charge in [0.25, 0.3) is 5.56 Å². The fourth-order valence-corrected chi connectivity index (χ4v) is 3.52. The number of aryl methyl sites for hydroxylation is 1. The Kier molecular flexibility index (Phi) is 6.55. The second-order valence-corrected chi connectivity index (χ2v) is 8.06. The Bertz CT molecular complexity index is 1560. The molecule has 0 spiro atoms. The number of halogens is 4. The standard InChI is InChI=1S/C23H17ClF3N5O4/c1-11-20(36-16-4-3-7-28-12(16)2)31-19-13(8-14(23(25,26)27)10-32(19)21(11)33)9-29-15-5-6-17(24)30-18(15)22(34)35/h3-8,10,29H,9H2,1-2H3,(H,34,35). The average molecular weight is 520 g/mol. The van der Waals surface area contributed by atoms with E-state index in [2.05, 4.69) is 20.3 Å². The van der Waals surface area contributed by atoms with E-state index in [0.29, 0.717) is 17.6 Å². The van der Waals surface area contributed by atoms with Crippen LogP contribution in [0.3, 0.4) is 0 Å². The number of fused-ring (bicyclic) bond motifs is 1. The molecule has 4 aromatic rings. The van der Waals surface area contributed by atoms with Crippen molar-refractivity contribution in [2.45, 2.75) is 26.6 Å². The number of alkyl halides is 3. The normalized spacial score (nSPS) is 11.5. The highest BCUT2D eigenvalue weighted by atomic mass is 35.5. The number of carboxylic acids is 1. The van der Waals surface area contributed by atoms with Crippen molar-refractivity contribution in [3.05, 3.63) is 86.3 Å². The zero-order valence-corrected chi connectivity index (χ0v) is 19.5. The third-order valence-electron chi connectivity index (χ3n) is 5.21. The van der Waals surface area contributed by atoms with Gasteiger partial charge in [0.2, 0.25) is 5.88 Å². The van der Waals surface area contributed by atoms with Gasteiger partial charge in [-0.15, -0.1) is 0 Å². The van der Waals surface area contributed by atoms with E-state index in [0.717, 1.165) is 10.5 Å². The number of nitrogens with one attached hydrogen (secondary N) is 1. The molecule has 0 aliphatic rings. The van der Waals surface area contributed by atoms with Crippen LogP contribution in [0.2, 0.25) is 5.15 Å². The number of pyridine rings is 3. The van der Waals surface area contributed by atoms with Crippen molar-refractivity contribution < 1.29 is 27.8 Å². The van der Waals surface area contributed by atoms with E-state index in [4.69, 9.17) is 16.3 Å². The van der Waals surface area contributed by atoms with E-state index in [1.807, 2.05) is 0 Å². The number of aromatic nitrogens is 4. The Morgan fingerprint density at radius 2 is 1.97 bits per heavy atom. The summed E-state index contributed by atoms with van der Waals surface area (Å²) in [5, 5.41) is 12.1. The van der Waals surface area contributed by atoms with E-state index >= 15 is 0 Å². The Hall–Kier alpha value is -4.19. The van der Waals surface area contributed by atoms with Gasteiger partial charge >= 0.3 is 12.1 Å². The molecule has 0 radical (unpaired) electrons. The summed E-state index contributed by atoms with van der Waals surface area (Å²) >= 11 is 5.76. The highest BCUT2D eigenvalue weighted by molar-refractivity contribution is 6.29. The predicted molar refractivity (Wildman–Crippen MR) is 124 cm³/mol. The van der Waals surface area contributed by atoms with Crippen LogP contribution in [0.15, 0.2) is 47.5 Å². The molecule has 0 aliphatic heterocycles. The SMILES string of the molecule is Cc1ncccc1Oc1nc2c(CNc3ccc(Cl)nc3C(=O)O)cc(C(F)(F)F)cn2c(=O)c1C. The van der Waals surface area contributed by atoms with Crippen LogP contribution in [0.5, 0.6) is 11.6 Å². The van der Waals surface area contributed by atoms with Gasteiger partial charge in [0.1, 0.15) is 10.8 Å². The summed E-state index contributed by atoms with van der Waals surface area (Å²) < 4.78 is 47.4. The molecule has 2 N–H and O–H groups in total. The summed E-state index contributed by atoms with van der Waals surface area (Å²) in [5.74, 6) is -1.17. The number of aromatic carboxylic acids is 1. The second kappa shape index (κ2) is 9.46. The molecular formula is C23H17ClF3N5O4. The minimum absolute atomic E-state index is 0.0101. The van der Waals surface area contributed by atoms with Gasteiger partial charge in [-0.1, -0.05) is 11.6 Å². The molecule has 4 aromatic heterocycles. The first-order chi connectivity index (χ1) is 17.0. The van der Waals surface area contributed by atoms with Gasteiger partial charge in [0.15, 0.2) is 11.4 Å². The second-order valence-electron chi connectivity index (χ2n) is 7.67. The Balaban J connectivity index is 1.85. The summed E-state index contributed by atoms with van der Waals surface area (Å²) in [5.41, 5.74) is -1.89. The van der Waals surface area contributed by atoms with E-state index in [9.17, 15) is 27.9 Å². The minimum Gasteiger partial charge on any atom is -0.476 e. The first-order valence-electron chi connectivity index (χ1n) is 10.3. The molecule has 9 nitrogen and oxygen atoms in total. The maximum absolute atomic E-state index is 13.6. The van der Waals surface area contributed by atoms with Crippen molar-refractivity contribution in [1.82, 2.24) is 19.4 Å². The van der Waals surface area contributed by atoms with Crippen LogP contribution in [0.1, 0.15) is 32.9 Å². The van der Waals surface area contributed by atoms with Gasteiger partial charge < -0.3 is 15.2 Å². The molecule has 0 bridgehead atoms. The summed E-state index contributed by atoms with van der Waals surface area (Å²) in [6.07, 6.45) is -2.55.